The van der Waals surface area contributed by atoms with Crippen molar-refractivity contribution in [3.8, 4) is 0 Å². The second kappa shape index (κ2) is 6.83. The average molecular weight is 228 g/mol. The molecule has 0 aromatic heterocycles. The first-order chi connectivity index (χ1) is 7.22. The predicted octanol–water partition coefficient (Wildman–Crippen LogP) is 2.51. The van der Waals surface area contributed by atoms with Crippen LogP contribution in [0.5, 0.6) is 0 Å². The largest absolute Gasteiger partial charge is 0.383 e. The van der Waals surface area contributed by atoms with E-state index in [1.54, 1.807) is 7.11 Å². The Hall–Kier alpha value is -0.570. The molecule has 15 heavy (non-hydrogen) atoms. The summed E-state index contributed by atoms with van der Waals surface area (Å²) in [6.07, 6.45) is 1.02. The van der Waals surface area contributed by atoms with Gasteiger partial charge in [-0.1, -0.05) is 23.7 Å². The normalized spacial score (nSPS) is 12.7. The van der Waals surface area contributed by atoms with Crippen LogP contribution >= 0.6 is 11.6 Å². The fraction of sp³-hybridized carbons (Fsp3) is 0.500. The lowest BCUT2D eigenvalue weighted by Crippen LogP contribution is -2.31. The lowest BCUT2D eigenvalue weighted by Gasteiger charge is -2.12. The molecule has 1 atom stereocenters. The molecule has 0 radical (unpaired) electrons. The smallest absolute Gasteiger partial charge is 0.0613 e. The van der Waals surface area contributed by atoms with Crippen LogP contribution < -0.4 is 5.32 Å². The molecule has 3 heteroatoms. The van der Waals surface area contributed by atoms with E-state index in [9.17, 15) is 0 Å². The van der Waals surface area contributed by atoms with E-state index in [0.29, 0.717) is 6.04 Å². The van der Waals surface area contributed by atoms with E-state index in [2.05, 4.69) is 24.4 Å². The summed E-state index contributed by atoms with van der Waals surface area (Å²) in [6, 6.07) is 8.38. The number of methoxy groups -OCH3 is 1. The van der Waals surface area contributed by atoms with E-state index in [-0.39, 0.29) is 0 Å². The van der Waals surface area contributed by atoms with Crippen LogP contribution in [0, 0.1) is 0 Å². The predicted molar refractivity (Wildman–Crippen MR) is 64.5 cm³/mol. The molecule has 0 unspecified atom stereocenters. The molecule has 0 aliphatic heterocycles. The minimum atomic E-state index is 0.405. The second-order valence-corrected chi connectivity index (χ2v) is 4.12. The van der Waals surface area contributed by atoms with E-state index in [1.807, 2.05) is 12.1 Å². The highest BCUT2D eigenvalue weighted by atomic mass is 35.5. The summed E-state index contributed by atoms with van der Waals surface area (Å²) in [4.78, 5) is 0. The average Bonchev–Trinajstić information content (AvgIpc) is 2.21. The van der Waals surface area contributed by atoms with Crippen molar-refractivity contribution in [1.82, 2.24) is 5.32 Å². The van der Waals surface area contributed by atoms with Gasteiger partial charge in [0.05, 0.1) is 6.61 Å². The molecular weight excluding hydrogens is 210 g/mol. The molecule has 0 aliphatic rings. The zero-order chi connectivity index (χ0) is 11.1. The topological polar surface area (TPSA) is 21.3 Å². The Morgan fingerprint density at radius 2 is 2.00 bits per heavy atom. The first-order valence-electron chi connectivity index (χ1n) is 5.19. The van der Waals surface area contributed by atoms with Crippen molar-refractivity contribution < 1.29 is 4.74 Å². The third-order valence-corrected chi connectivity index (χ3v) is 2.49. The van der Waals surface area contributed by atoms with Crippen molar-refractivity contribution in [2.24, 2.45) is 0 Å². The molecule has 2 nitrogen and oxygen atoms in total. The summed E-state index contributed by atoms with van der Waals surface area (Å²) in [5.41, 5.74) is 1.30. The molecule has 84 valence electrons. The van der Waals surface area contributed by atoms with Crippen molar-refractivity contribution in [3.63, 3.8) is 0 Å². The fourth-order valence-electron chi connectivity index (χ4n) is 1.42. The minimum absolute atomic E-state index is 0.405. The van der Waals surface area contributed by atoms with Crippen LogP contribution in [0.15, 0.2) is 24.3 Å². The van der Waals surface area contributed by atoms with Crippen LogP contribution in [0.4, 0.5) is 0 Å². The maximum Gasteiger partial charge on any atom is 0.0613 e. The van der Waals surface area contributed by atoms with Crippen LogP contribution in [0.1, 0.15) is 12.5 Å². The maximum atomic E-state index is 5.81. The highest BCUT2D eigenvalue weighted by Gasteiger charge is 1.99. The monoisotopic (exact) mass is 227 g/mol. The van der Waals surface area contributed by atoms with Gasteiger partial charge in [-0.15, -0.1) is 0 Å². The summed E-state index contributed by atoms with van der Waals surface area (Å²) in [5, 5.41) is 4.18. The fourth-order valence-corrected chi connectivity index (χ4v) is 1.55. The standard InChI is InChI=1S/C12H18ClNO/c1-10(9-15-2)14-8-7-11-3-5-12(13)6-4-11/h3-6,10,14H,7-9H2,1-2H3/t10-/m1/s1. The summed E-state index contributed by atoms with van der Waals surface area (Å²) in [6.45, 7) is 3.83. The van der Waals surface area contributed by atoms with Gasteiger partial charge >= 0.3 is 0 Å². The number of nitrogens with one attached hydrogen (secondary N) is 1. The first kappa shape index (κ1) is 12.5. The summed E-state index contributed by atoms with van der Waals surface area (Å²) < 4.78 is 5.04. The van der Waals surface area contributed by atoms with Gasteiger partial charge in [-0.2, -0.15) is 0 Å². The Morgan fingerprint density at radius 1 is 1.33 bits per heavy atom. The Balaban J connectivity index is 2.22. The molecule has 0 fully saturated rings. The first-order valence-corrected chi connectivity index (χ1v) is 5.57. The van der Waals surface area contributed by atoms with Gasteiger partial charge in [0.25, 0.3) is 0 Å². The number of benzene rings is 1. The van der Waals surface area contributed by atoms with Gasteiger partial charge in [0.15, 0.2) is 0 Å². The van der Waals surface area contributed by atoms with Crippen LogP contribution in [-0.4, -0.2) is 26.3 Å². The molecular formula is C12H18ClNO. The molecule has 1 aromatic carbocycles. The molecule has 0 heterocycles. The third-order valence-electron chi connectivity index (χ3n) is 2.24. The molecule has 0 spiro atoms. The van der Waals surface area contributed by atoms with Gasteiger partial charge in [0, 0.05) is 18.2 Å². The van der Waals surface area contributed by atoms with Crippen molar-refractivity contribution in [1.29, 1.82) is 0 Å². The number of hydrogen-bond donors (Lipinski definition) is 1. The second-order valence-electron chi connectivity index (χ2n) is 3.69. The number of rotatable bonds is 6. The van der Waals surface area contributed by atoms with Gasteiger partial charge < -0.3 is 10.1 Å². The number of ether oxygens (including phenoxy) is 1. The molecule has 0 bridgehead atoms. The summed E-state index contributed by atoms with van der Waals surface area (Å²) in [5.74, 6) is 0. The van der Waals surface area contributed by atoms with E-state index in [0.717, 1.165) is 24.6 Å². The van der Waals surface area contributed by atoms with E-state index >= 15 is 0 Å². The SMILES string of the molecule is COC[C@@H](C)NCCc1ccc(Cl)cc1. The number of hydrogen-bond acceptors (Lipinski definition) is 2. The van der Waals surface area contributed by atoms with Crippen LogP contribution in [-0.2, 0) is 11.2 Å². The molecule has 1 aromatic rings. The molecule has 1 N–H and O–H groups in total. The molecule has 0 aliphatic carbocycles. The minimum Gasteiger partial charge on any atom is -0.383 e. The Morgan fingerprint density at radius 3 is 2.60 bits per heavy atom. The Bertz CT molecular complexity index is 273. The lowest BCUT2D eigenvalue weighted by molar-refractivity contribution is 0.172. The highest BCUT2D eigenvalue weighted by molar-refractivity contribution is 6.30. The highest BCUT2D eigenvalue weighted by Crippen LogP contribution is 2.09. The van der Waals surface area contributed by atoms with E-state index < -0.39 is 0 Å². The zero-order valence-corrected chi connectivity index (χ0v) is 10.1. The lowest BCUT2D eigenvalue weighted by atomic mass is 10.1. The Kier molecular flexibility index (Phi) is 5.69. The third kappa shape index (κ3) is 5.17. The summed E-state index contributed by atoms with van der Waals surface area (Å²) in [7, 11) is 1.72. The van der Waals surface area contributed by atoms with Crippen LogP contribution in [0.25, 0.3) is 0 Å². The molecule has 0 saturated carbocycles. The van der Waals surface area contributed by atoms with Gasteiger partial charge in [-0.05, 0) is 37.6 Å². The molecule has 1 rings (SSSR count). The summed E-state index contributed by atoms with van der Waals surface area (Å²) >= 11 is 5.81. The van der Waals surface area contributed by atoms with Gasteiger partial charge in [-0.3, -0.25) is 0 Å². The van der Waals surface area contributed by atoms with Gasteiger partial charge in [0.2, 0.25) is 0 Å². The van der Waals surface area contributed by atoms with Gasteiger partial charge in [-0.25, -0.2) is 0 Å². The zero-order valence-electron chi connectivity index (χ0n) is 9.29. The maximum absolute atomic E-state index is 5.81. The van der Waals surface area contributed by atoms with Crippen molar-refractivity contribution in [3.05, 3.63) is 34.9 Å². The van der Waals surface area contributed by atoms with Crippen molar-refractivity contribution in [2.45, 2.75) is 19.4 Å². The van der Waals surface area contributed by atoms with E-state index in [4.69, 9.17) is 16.3 Å². The van der Waals surface area contributed by atoms with Gasteiger partial charge in [0.1, 0.15) is 0 Å². The quantitative estimate of drug-likeness (QED) is 0.807. The van der Waals surface area contributed by atoms with E-state index in [1.165, 1.54) is 5.56 Å². The van der Waals surface area contributed by atoms with Crippen molar-refractivity contribution >= 4 is 11.6 Å². The van der Waals surface area contributed by atoms with Crippen LogP contribution in [0.2, 0.25) is 5.02 Å². The molecule has 0 amide bonds. The van der Waals surface area contributed by atoms with Crippen molar-refractivity contribution in [2.75, 3.05) is 20.3 Å². The Labute approximate surface area is 96.6 Å². The molecule has 0 saturated heterocycles. The number of halogens is 1. The van der Waals surface area contributed by atoms with Crippen LogP contribution in [0.3, 0.4) is 0 Å².